The number of fused-ring (bicyclic) bond motifs is 1. The Balaban J connectivity index is 1.91. The maximum Gasteiger partial charge on any atom is 0.317 e. The number of hydrogen-bond acceptors (Lipinski definition) is 6. The van der Waals surface area contributed by atoms with E-state index < -0.39 is 22.8 Å². The van der Waals surface area contributed by atoms with Gasteiger partial charge in [-0.25, -0.2) is 9.37 Å². The number of aliphatic carboxylic acids is 1. The molecule has 0 saturated heterocycles. The van der Waals surface area contributed by atoms with Crippen LogP contribution >= 0.6 is 0 Å². The van der Waals surface area contributed by atoms with E-state index in [0.717, 1.165) is 5.56 Å². The number of nitrogens with zero attached hydrogens (tertiary/aromatic N) is 3. The molecular formula is C20H23FN4O4. The van der Waals surface area contributed by atoms with E-state index in [1.54, 1.807) is 30.9 Å². The molecule has 0 radical (unpaired) electrons. The Labute approximate surface area is 166 Å². The highest BCUT2D eigenvalue weighted by molar-refractivity contribution is 5.69. The highest BCUT2D eigenvalue weighted by Crippen LogP contribution is 2.31. The lowest BCUT2D eigenvalue weighted by Crippen LogP contribution is -2.54. The Hall–Kier alpha value is -3.20. The molecule has 0 fully saturated rings. The summed E-state index contributed by atoms with van der Waals surface area (Å²) in [6.07, 6.45) is 0. The lowest BCUT2D eigenvalue weighted by atomic mass is 9.98. The molecule has 9 heteroatoms. The lowest BCUT2D eigenvalue weighted by molar-refractivity contribution is -0.140. The molecule has 0 saturated carbocycles. The third kappa shape index (κ3) is 4.00. The molecule has 3 N–H and O–H groups in total. The van der Waals surface area contributed by atoms with E-state index in [1.807, 2.05) is 0 Å². The number of benzene rings is 1. The number of hydrogen-bond donors (Lipinski definition) is 3. The van der Waals surface area contributed by atoms with Crippen LogP contribution < -0.4 is 10.9 Å². The quantitative estimate of drug-likeness (QED) is 0.672. The highest BCUT2D eigenvalue weighted by atomic mass is 19.1. The molecule has 1 aromatic heterocycles. The van der Waals surface area contributed by atoms with Gasteiger partial charge in [0.25, 0.3) is 5.56 Å². The van der Waals surface area contributed by atoms with Gasteiger partial charge < -0.3 is 15.5 Å². The van der Waals surface area contributed by atoms with Crippen molar-refractivity contribution in [3.8, 4) is 5.75 Å². The molecule has 1 aliphatic rings. The van der Waals surface area contributed by atoms with Crippen LogP contribution in [0.2, 0.25) is 0 Å². The van der Waals surface area contributed by atoms with Crippen LogP contribution in [0.1, 0.15) is 30.9 Å². The van der Waals surface area contributed by atoms with Crippen molar-refractivity contribution in [1.29, 1.82) is 0 Å². The normalized spacial score (nSPS) is 15.6. The number of carboxylic acid groups (broad SMARTS) is 1. The Bertz CT molecular complexity index is 1010. The van der Waals surface area contributed by atoms with Gasteiger partial charge in [0, 0.05) is 19.6 Å². The average Bonchev–Trinajstić information content (AvgIpc) is 2.66. The minimum atomic E-state index is -0.974. The van der Waals surface area contributed by atoms with Crippen LogP contribution in [-0.2, 0) is 23.4 Å². The summed E-state index contributed by atoms with van der Waals surface area (Å²) in [7, 11) is 0. The van der Waals surface area contributed by atoms with Gasteiger partial charge in [-0.05, 0) is 31.5 Å². The summed E-state index contributed by atoms with van der Waals surface area (Å²) in [6.45, 7) is 8.10. The van der Waals surface area contributed by atoms with Crippen LogP contribution in [0.15, 0.2) is 35.6 Å². The van der Waals surface area contributed by atoms with E-state index in [4.69, 9.17) is 5.11 Å². The molecule has 1 aromatic carbocycles. The maximum absolute atomic E-state index is 13.0. The minimum Gasteiger partial charge on any atom is -0.501 e. The molecule has 2 aromatic rings. The topological polar surface area (TPSA) is 108 Å². The van der Waals surface area contributed by atoms with Gasteiger partial charge in [-0.15, -0.1) is 0 Å². The third-order valence-electron chi connectivity index (χ3n) is 5.11. The first-order valence-corrected chi connectivity index (χ1v) is 9.10. The molecular weight excluding hydrogens is 379 g/mol. The van der Waals surface area contributed by atoms with Gasteiger partial charge in [-0.2, -0.15) is 0 Å². The number of carbonyl (C=O) groups is 1. The molecule has 0 unspecified atom stereocenters. The first-order chi connectivity index (χ1) is 13.6. The van der Waals surface area contributed by atoms with Crippen LogP contribution in [0.5, 0.6) is 5.75 Å². The molecule has 3 rings (SSSR count). The third-order valence-corrected chi connectivity index (χ3v) is 5.11. The predicted molar refractivity (Wildman–Crippen MR) is 105 cm³/mol. The van der Waals surface area contributed by atoms with E-state index in [-0.39, 0.29) is 30.3 Å². The molecule has 0 aliphatic carbocycles. The van der Waals surface area contributed by atoms with Crippen LogP contribution in [0, 0.1) is 5.82 Å². The molecule has 2 heterocycles. The van der Waals surface area contributed by atoms with Gasteiger partial charge >= 0.3 is 5.97 Å². The summed E-state index contributed by atoms with van der Waals surface area (Å²) in [5.74, 6) is -1.48. The fourth-order valence-electron chi connectivity index (χ4n) is 3.41. The van der Waals surface area contributed by atoms with E-state index >= 15 is 0 Å². The van der Waals surface area contributed by atoms with Crippen molar-refractivity contribution in [3.63, 3.8) is 0 Å². The fraction of sp³-hybridized carbons (Fsp3) is 0.350. The van der Waals surface area contributed by atoms with Gasteiger partial charge in [0.1, 0.15) is 17.3 Å². The van der Waals surface area contributed by atoms with Crippen LogP contribution in [-0.4, -0.2) is 43.7 Å². The number of carboxylic acids is 1. The summed E-state index contributed by atoms with van der Waals surface area (Å²) in [5, 5.41) is 22.5. The van der Waals surface area contributed by atoms with Gasteiger partial charge in [-0.3, -0.25) is 19.1 Å². The number of halogens is 1. The van der Waals surface area contributed by atoms with E-state index in [9.17, 15) is 19.1 Å². The molecule has 0 bridgehead atoms. The van der Waals surface area contributed by atoms with Crippen molar-refractivity contribution in [2.75, 3.05) is 13.1 Å². The van der Waals surface area contributed by atoms with E-state index in [0.29, 0.717) is 18.9 Å². The second-order valence-electron chi connectivity index (χ2n) is 7.42. The zero-order valence-corrected chi connectivity index (χ0v) is 16.3. The standard InChI is InChI=1S/C20H23FN4O4/c1-12(22-10-13-4-6-14(21)7-5-13)16-17(28)18(29)25-9-8-24(11-15(26)27)20(2,3)19(25)23-16/h4-7,22,28H,1,8-11H2,2-3H3,(H,26,27). The minimum absolute atomic E-state index is 0.00797. The van der Waals surface area contributed by atoms with Gasteiger partial charge in [-0.1, -0.05) is 18.7 Å². The number of nitrogens with one attached hydrogen (secondary N) is 1. The first kappa shape index (κ1) is 20.5. The zero-order chi connectivity index (χ0) is 21.3. The smallest absolute Gasteiger partial charge is 0.317 e. The van der Waals surface area contributed by atoms with Crippen molar-refractivity contribution < 1.29 is 19.4 Å². The summed E-state index contributed by atoms with van der Waals surface area (Å²) in [4.78, 5) is 30.1. The van der Waals surface area contributed by atoms with Crippen LogP contribution in [0.25, 0.3) is 5.70 Å². The molecule has 0 atom stereocenters. The van der Waals surface area contributed by atoms with Gasteiger partial charge in [0.2, 0.25) is 5.75 Å². The van der Waals surface area contributed by atoms with Crippen molar-refractivity contribution >= 4 is 11.7 Å². The Morgan fingerprint density at radius 1 is 1.31 bits per heavy atom. The Morgan fingerprint density at radius 3 is 2.59 bits per heavy atom. The summed E-state index contributed by atoms with van der Waals surface area (Å²) >= 11 is 0. The average molecular weight is 402 g/mol. The number of aromatic hydroxyl groups is 1. The Morgan fingerprint density at radius 2 is 1.97 bits per heavy atom. The summed E-state index contributed by atoms with van der Waals surface area (Å²) < 4.78 is 14.4. The molecule has 0 spiro atoms. The molecule has 154 valence electrons. The second kappa shape index (κ2) is 7.67. The van der Waals surface area contributed by atoms with Gasteiger partial charge in [0.15, 0.2) is 0 Å². The number of aromatic nitrogens is 2. The largest absolute Gasteiger partial charge is 0.501 e. The number of rotatable bonds is 6. The summed E-state index contributed by atoms with van der Waals surface area (Å²) in [6, 6.07) is 5.88. The SMILES string of the molecule is C=C(NCc1ccc(F)cc1)c1nc2n(c(=O)c1O)CCN(CC(=O)O)C2(C)C. The second-order valence-corrected chi connectivity index (χ2v) is 7.42. The zero-order valence-electron chi connectivity index (χ0n) is 16.3. The lowest BCUT2D eigenvalue weighted by Gasteiger charge is -2.42. The van der Waals surface area contributed by atoms with E-state index in [1.165, 1.54) is 16.7 Å². The Kier molecular flexibility index (Phi) is 5.43. The first-order valence-electron chi connectivity index (χ1n) is 9.10. The monoisotopic (exact) mass is 402 g/mol. The van der Waals surface area contributed by atoms with Crippen LogP contribution in [0.3, 0.4) is 0 Å². The van der Waals surface area contributed by atoms with Crippen molar-refractivity contribution in [2.24, 2.45) is 0 Å². The van der Waals surface area contributed by atoms with Crippen molar-refractivity contribution in [3.05, 3.63) is 64.1 Å². The molecule has 0 amide bonds. The molecule has 29 heavy (non-hydrogen) atoms. The van der Waals surface area contributed by atoms with Crippen molar-refractivity contribution in [1.82, 2.24) is 19.8 Å². The molecule has 8 nitrogen and oxygen atoms in total. The van der Waals surface area contributed by atoms with Crippen LogP contribution in [0.4, 0.5) is 4.39 Å². The van der Waals surface area contributed by atoms with Crippen molar-refractivity contribution in [2.45, 2.75) is 32.5 Å². The summed E-state index contributed by atoms with van der Waals surface area (Å²) in [5.41, 5.74) is -0.408. The predicted octanol–water partition coefficient (Wildman–Crippen LogP) is 1.48. The maximum atomic E-state index is 13.0. The van der Waals surface area contributed by atoms with Gasteiger partial charge in [0.05, 0.1) is 17.8 Å². The van der Waals surface area contributed by atoms with E-state index in [2.05, 4.69) is 16.9 Å². The fourth-order valence-corrected chi connectivity index (χ4v) is 3.41. The molecule has 1 aliphatic heterocycles. The highest BCUT2D eigenvalue weighted by Gasteiger charge is 2.39.